The summed E-state index contributed by atoms with van der Waals surface area (Å²) in [6, 6.07) is 2.39. The summed E-state index contributed by atoms with van der Waals surface area (Å²) in [6.45, 7) is 18.7. The summed E-state index contributed by atoms with van der Waals surface area (Å²) in [5.41, 5.74) is 1.54. The summed E-state index contributed by atoms with van der Waals surface area (Å²) < 4.78 is 12.4. The van der Waals surface area contributed by atoms with E-state index in [1.165, 1.54) is 10.4 Å². The van der Waals surface area contributed by atoms with Gasteiger partial charge in [0.25, 0.3) is 0 Å². The molecular weight excluding hydrogens is 372 g/mol. The molecule has 27 heavy (non-hydrogen) atoms. The normalized spacial score (nSPS) is 21.7. The maximum absolute atomic E-state index is 6.33. The second-order valence-corrected chi connectivity index (χ2v) is 15.6. The quantitative estimate of drug-likeness (QED) is 0.710. The number of rotatable bonds is 6. The molecule has 0 radical (unpaired) electrons. The van der Waals surface area contributed by atoms with Crippen molar-refractivity contribution in [2.24, 2.45) is 0 Å². The lowest BCUT2D eigenvalue weighted by atomic mass is 9.90. The Morgan fingerprint density at radius 1 is 1.30 bits per heavy atom. The van der Waals surface area contributed by atoms with Gasteiger partial charge in [-0.1, -0.05) is 20.8 Å². The van der Waals surface area contributed by atoms with Crippen molar-refractivity contribution in [1.29, 1.82) is 0 Å². The number of morpholine rings is 1. The average molecular weight is 411 g/mol. The molecule has 0 bridgehead atoms. The molecule has 0 unspecified atom stereocenters. The van der Waals surface area contributed by atoms with Crippen LogP contribution in [0.3, 0.4) is 0 Å². The molecule has 154 valence electrons. The van der Waals surface area contributed by atoms with Crippen LogP contribution in [0.25, 0.3) is 0 Å². The molecule has 3 rings (SSSR count). The molecule has 2 saturated heterocycles. The minimum Gasteiger partial charge on any atom is -0.416 e. The molecule has 6 heteroatoms. The summed E-state index contributed by atoms with van der Waals surface area (Å²) in [5.74, 6) is 0. The monoisotopic (exact) mass is 410 g/mol. The van der Waals surface area contributed by atoms with Gasteiger partial charge < -0.3 is 14.5 Å². The highest BCUT2D eigenvalue weighted by Crippen LogP contribution is 2.36. The Morgan fingerprint density at radius 2 is 2.04 bits per heavy atom. The van der Waals surface area contributed by atoms with E-state index in [0.29, 0.717) is 0 Å². The molecule has 3 heterocycles. The molecule has 1 N–H and O–H groups in total. The van der Waals surface area contributed by atoms with E-state index >= 15 is 0 Å². The van der Waals surface area contributed by atoms with Crippen molar-refractivity contribution < 1.29 is 9.16 Å². The number of hydrogen-bond acceptors (Lipinski definition) is 5. The van der Waals surface area contributed by atoms with Gasteiger partial charge in [-0.3, -0.25) is 4.90 Å². The van der Waals surface area contributed by atoms with E-state index in [1.807, 2.05) is 11.3 Å². The van der Waals surface area contributed by atoms with Crippen LogP contribution in [-0.4, -0.2) is 58.2 Å². The van der Waals surface area contributed by atoms with Crippen LogP contribution in [0.15, 0.2) is 11.4 Å². The smallest absolute Gasteiger partial charge is 0.191 e. The van der Waals surface area contributed by atoms with Crippen molar-refractivity contribution in [1.82, 2.24) is 10.2 Å². The van der Waals surface area contributed by atoms with E-state index in [4.69, 9.17) is 9.16 Å². The third-order valence-corrected chi connectivity index (χ3v) is 12.2. The van der Waals surface area contributed by atoms with Crippen LogP contribution in [0.5, 0.6) is 0 Å². The van der Waals surface area contributed by atoms with Crippen LogP contribution < -0.4 is 5.32 Å². The first kappa shape index (κ1) is 21.5. The van der Waals surface area contributed by atoms with E-state index in [2.05, 4.69) is 55.5 Å². The molecule has 2 aliphatic heterocycles. The summed E-state index contributed by atoms with van der Waals surface area (Å²) in [5, 5.41) is 6.11. The fourth-order valence-electron chi connectivity index (χ4n) is 3.65. The molecule has 0 atom stereocenters. The molecule has 0 amide bonds. The number of likely N-dealkylation sites (tertiary alicyclic amines) is 1. The van der Waals surface area contributed by atoms with Gasteiger partial charge in [-0.25, -0.2) is 0 Å². The fourth-order valence-corrected chi connectivity index (χ4v) is 5.66. The lowest BCUT2D eigenvalue weighted by molar-refractivity contribution is -0.100. The van der Waals surface area contributed by atoms with E-state index in [1.54, 1.807) is 0 Å². The number of ether oxygens (including phenoxy) is 1. The van der Waals surface area contributed by atoms with Crippen molar-refractivity contribution in [2.75, 3.05) is 39.4 Å². The Hall–Kier alpha value is -0.243. The molecule has 2 aliphatic rings. The van der Waals surface area contributed by atoms with Gasteiger partial charge in [-0.2, -0.15) is 0 Å². The van der Waals surface area contributed by atoms with Gasteiger partial charge in [-0.15, -0.1) is 11.3 Å². The van der Waals surface area contributed by atoms with E-state index in [0.717, 1.165) is 65.2 Å². The van der Waals surface area contributed by atoms with Gasteiger partial charge in [0, 0.05) is 44.2 Å². The van der Waals surface area contributed by atoms with E-state index in [9.17, 15) is 0 Å². The zero-order valence-electron chi connectivity index (χ0n) is 17.9. The lowest BCUT2D eigenvalue weighted by Gasteiger charge is -2.44. The molecule has 4 nitrogen and oxygen atoms in total. The first-order valence-corrected chi connectivity index (χ1v) is 14.3. The molecule has 1 aromatic heterocycles. The van der Waals surface area contributed by atoms with Gasteiger partial charge in [-0.05, 0) is 54.4 Å². The van der Waals surface area contributed by atoms with Crippen molar-refractivity contribution in [2.45, 2.75) is 70.3 Å². The first-order valence-electron chi connectivity index (χ1n) is 10.5. The van der Waals surface area contributed by atoms with E-state index in [-0.39, 0.29) is 10.6 Å². The molecule has 0 saturated carbocycles. The largest absolute Gasteiger partial charge is 0.416 e. The van der Waals surface area contributed by atoms with Crippen molar-refractivity contribution in [3.8, 4) is 0 Å². The topological polar surface area (TPSA) is 33.7 Å². The highest BCUT2D eigenvalue weighted by Gasteiger charge is 2.37. The molecular formula is C21H38N2O2SSi. The summed E-state index contributed by atoms with van der Waals surface area (Å²) >= 11 is 1.90. The van der Waals surface area contributed by atoms with Crippen LogP contribution in [0.1, 0.15) is 44.1 Å². The Labute approximate surface area is 170 Å². The molecule has 1 aromatic rings. The predicted molar refractivity (Wildman–Crippen MR) is 117 cm³/mol. The maximum atomic E-state index is 6.33. The van der Waals surface area contributed by atoms with Gasteiger partial charge in [0.1, 0.15) is 0 Å². The third-order valence-electron chi connectivity index (χ3n) is 6.65. The minimum absolute atomic E-state index is 0.108. The van der Waals surface area contributed by atoms with Crippen molar-refractivity contribution in [3.05, 3.63) is 21.9 Å². The number of thiophene rings is 1. The Kier molecular flexibility index (Phi) is 6.87. The summed E-state index contributed by atoms with van der Waals surface area (Å²) in [6.07, 6.45) is 3.34. The van der Waals surface area contributed by atoms with Crippen LogP contribution in [0.4, 0.5) is 0 Å². The van der Waals surface area contributed by atoms with Gasteiger partial charge in [0.15, 0.2) is 8.32 Å². The number of piperidine rings is 1. The Morgan fingerprint density at radius 3 is 2.67 bits per heavy atom. The highest BCUT2D eigenvalue weighted by molar-refractivity contribution is 7.10. The number of nitrogens with one attached hydrogen (secondary N) is 1. The zero-order chi connectivity index (χ0) is 19.5. The molecule has 0 aromatic carbocycles. The Balaban J connectivity index is 1.42. The first-order chi connectivity index (χ1) is 12.7. The SMILES string of the molecule is CC(C)(C)[Si](C)(C)OCCc1csc(CN2CCC3(CC2)CNCCO3)c1. The standard InChI is InChI=1S/C21H38N2O2SSi/c1-20(2,3)27(4,5)25-12-6-18-14-19(26-16-18)15-23-10-7-21(8-11-23)17-22-9-13-24-21/h14,16,22H,6-13,15,17H2,1-5H3. The van der Waals surface area contributed by atoms with Crippen molar-refractivity contribution >= 4 is 19.7 Å². The predicted octanol–water partition coefficient (Wildman–Crippen LogP) is 4.27. The molecule has 2 fully saturated rings. The number of nitrogens with zero attached hydrogens (tertiary/aromatic N) is 1. The minimum atomic E-state index is -1.63. The van der Waals surface area contributed by atoms with Crippen LogP contribution in [-0.2, 0) is 22.1 Å². The van der Waals surface area contributed by atoms with E-state index < -0.39 is 8.32 Å². The molecule has 0 aliphatic carbocycles. The number of hydrogen-bond donors (Lipinski definition) is 1. The van der Waals surface area contributed by atoms with Crippen molar-refractivity contribution in [3.63, 3.8) is 0 Å². The lowest BCUT2D eigenvalue weighted by Crippen LogP contribution is -2.55. The van der Waals surface area contributed by atoms with Crippen LogP contribution in [0, 0.1) is 0 Å². The fraction of sp³-hybridized carbons (Fsp3) is 0.810. The third kappa shape index (κ3) is 5.64. The average Bonchev–Trinajstić information content (AvgIpc) is 3.04. The van der Waals surface area contributed by atoms with Crippen LogP contribution in [0.2, 0.25) is 18.1 Å². The second-order valence-electron chi connectivity index (χ2n) is 9.76. The Bertz CT molecular complexity index is 596. The zero-order valence-corrected chi connectivity index (χ0v) is 19.7. The molecule has 1 spiro atoms. The maximum Gasteiger partial charge on any atom is 0.191 e. The van der Waals surface area contributed by atoms with Gasteiger partial charge in [0.05, 0.1) is 12.2 Å². The highest BCUT2D eigenvalue weighted by atomic mass is 32.1. The second kappa shape index (κ2) is 8.64. The van der Waals surface area contributed by atoms with Crippen LogP contribution >= 0.6 is 11.3 Å². The van der Waals surface area contributed by atoms with Gasteiger partial charge >= 0.3 is 0 Å². The summed E-state index contributed by atoms with van der Waals surface area (Å²) in [4.78, 5) is 4.07. The van der Waals surface area contributed by atoms with Gasteiger partial charge in [0.2, 0.25) is 0 Å². The summed E-state index contributed by atoms with van der Waals surface area (Å²) in [7, 11) is -1.63.